The molecule has 3 aromatic rings. The van der Waals surface area contributed by atoms with Gasteiger partial charge in [-0.3, -0.25) is 4.79 Å². The molecule has 0 saturated carbocycles. The van der Waals surface area contributed by atoms with Crippen molar-refractivity contribution in [1.29, 1.82) is 5.26 Å². The molecule has 0 bridgehead atoms. The fourth-order valence-electron chi connectivity index (χ4n) is 3.41. The Labute approximate surface area is 169 Å². The van der Waals surface area contributed by atoms with E-state index in [-0.39, 0.29) is 17.9 Å². The standard InChI is InChI=1S/C21H16F3N5O/c22-21(23,24)18-10-16(14-4-2-1-3-5-14)27-19-11-17(28-29(18)19)20(30)26-15-8-6-13(12-25)7-9-15/h1-9,11,16,18,27H,10H2,(H,26,30)/t16-,18-/m1/s1. The van der Waals surface area contributed by atoms with E-state index in [1.54, 1.807) is 30.3 Å². The van der Waals surface area contributed by atoms with Crippen LogP contribution >= 0.6 is 0 Å². The van der Waals surface area contributed by atoms with Crippen LogP contribution < -0.4 is 10.6 Å². The highest BCUT2D eigenvalue weighted by atomic mass is 19.4. The second-order valence-electron chi connectivity index (χ2n) is 6.90. The molecule has 1 aliphatic heterocycles. The van der Waals surface area contributed by atoms with Crippen molar-refractivity contribution in [2.24, 2.45) is 0 Å². The lowest BCUT2D eigenvalue weighted by atomic mass is 9.97. The summed E-state index contributed by atoms with van der Waals surface area (Å²) >= 11 is 0. The van der Waals surface area contributed by atoms with Crippen LogP contribution in [0.3, 0.4) is 0 Å². The SMILES string of the molecule is N#Cc1ccc(NC(=O)c2cc3n(n2)[C@@H](C(F)(F)F)C[C@H](c2ccccc2)N3)cc1. The number of fused-ring (bicyclic) bond motifs is 1. The summed E-state index contributed by atoms with van der Waals surface area (Å²) in [7, 11) is 0. The predicted molar refractivity (Wildman–Crippen MR) is 104 cm³/mol. The Morgan fingerprint density at radius 1 is 1.17 bits per heavy atom. The monoisotopic (exact) mass is 411 g/mol. The van der Waals surface area contributed by atoms with Crippen LogP contribution in [0.5, 0.6) is 0 Å². The van der Waals surface area contributed by atoms with Crippen molar-refractivity contribution < 1.29 is 18.0 Å². The minimum Gasteiger partial charge on any atom is -0.363 e. The number of alkyl halides is 3. The van der Waals surface area contributed by atoms with Crippen LogP contribution in [-0.2, 0) is 0 Å². The molecule has 0 fully saturated rings. The molecular weight excluding hydrogens is 395 g/mol. The van der Waals surface area contributed by atoms with Gasteiger partial charge in [0.05, 0.1) is 17.7 Å². The molecule has 30 heavy (non-hydrogen) atoms. The van der Waals surface area contributed by atoms with Crippen LogP contribution in [-0.4, -0.2) is 21.9 Å². The van der Waals surface area contributed by atoms with Gasteiger partial charge in [0, 0.05) is 18.2 Å². The molecule has 2 heterocycles. The molecule has 1 amide bonds. The zero-order chi connectivity index (χ0) is 21.3. The largest absolute Gasteiger partial charge is 0.410 e. The number of nitriles is 1. The van der Waals surface area contributed by atoms with Crippen LogP contribution in [0.1, 0.15) is 40.1 Å². The van der Waals surface area contributed by atoms with E-state index in [1.165, 1.54) is 30.3 Å². The number of nitrogens with one attached hydrogen (secondary N) is 2. The van der Waals surface area contributed by atoms with Gasteiger partial charge in [-0.05, 0) is 29.8 Å². The van der Waals surface area contributed by atoms with E-state index in [4.69, 9.17) is 5.26 Å². The van der Waals surface area contributed by atoms with E-state index in [9.17, 15) is 18.0 Å². The van der Waals surface area contributed by atoms with Crippen molar-refractivity contribution in [3.05, 3.63) is 77.5 Å². The summed E-state index contributed by atoms with van der Waals surface area (Å²) < 4.78 is 42.0. The van der Waals surface area contributed by atoms with E-state index in [2.05, 4.69) is 15.7 Å². The van der Waals surface area contributed by atoms with E-state index < -0.39 is 24.2 Å². The first-order chi connectivity index (χ1) is 14.3. The quantitative estimate of drug-likeness (QED) is 0.656. The molecule has 1 aliphatic rings. The number of carbonyl (C=O) groups excluding carboxylic acids is 1. The molecular formula is C21H16F3N5O. The van der Waals surface area contributed by atoms with Gasteiger partial charge in [-0.1, -0.05) is 30.3 Å². The fraction of sp³-hybridized carbons (Fsp3) is 0.190. The number of amides is 1. The minimum absolute atomic E-state index is 0.127. The molecule has 0 unspecified atom stereocenters. The maximum Gasteiger partial charge on any atom is 0.410 e. The van der Waals surface area contributed by atoms with Crippen molar-refractivity contribution >= 4 is 17.4 Å². The van der Waals surface area contributed by atoms with E-state index >= 15 is 0 Å². The maximum atomic E-state index is 13.7. The third-order valence-electron chi connectivity index (χ3n) is 4.90. The Balaban J connectivity index is 1.62. The number of benzene rings is 2. The fourth-order valence-corrected chi connectivity index (χ4v) is 3.41. The molecule has 0 aliphatic carbocycles. The van der Waals surface area contributed by atoms with Gasteiger partial charge in [-0.15, -0.1) is 0 Å². The lowest BCUT2D eigenvalue weighted by Crippen LogP contribution is -2.35. The molecule has 152 valence electrons. The second kappa shape index (κ2) is 7.55. The Kier molecular flexibility index (Phi) is 4.91. The Morgan fingerprint density at radius 3 is 2.50 bits per heavy atom. The number of aromatic nitrogens is 2. The molecule has 0 saturated heterocycles. The topological polar surface area (TPSA) is 82.7 Å². The van der Waals surface area contributed by atoms with Crippen LogP contribution in [0.2, 0.25) is 0 Å². The Morgan fingerprint density at radius 2 is 1.87 bits per heavy atom. The lowest BCUT2D eigenvalue weighted by Gasteiger charge is -2.33. The lowest BCUT2D eigenvalue weighted by molar-refractivity contribution is -0.173. The molecule has 4 rings (SSSR count). The summed E-state index contributed by atoms with van der Waals surface area (Å²) in [6, 6.07) is 15.8. The third kappa shape index (κ3) is 3.85. The van der Waals surface area contributed by atoms with Crippen molar-refractivity contribution in [3.63, 3.8) is 0 Å². The van der Waals surface area contributed by atoms with Gasteiger partial charge in [-0.2, -0.15) is 23.5 Å². The second-order valence-corrected chi connectivity index (χ2v) is 6.90. The molecule has 2 N–H and O–H groups in total. The Hall–Kier alpha value is -3.80. The minimum atomic E-state index is -4.52. The number of hydrogen-bond acceptors (Lipinski definition) is 4. The number of carbonyl (C=O) groups is 1. The van der Waals surface area contributed by atoms with E-state index in [0.717, 1.165) is 10.2 Å². The van der Waals surface area contributed by atoms with Crippen LogP contribution in [0.25, 0.3) is 0 Å². The summed E-state index contributed by atoms with van der Waals surface area (Å²) in [5.74, 6) is -0.511. The van der Waals surface area contributed by atoms with Crippen LogP contribution in [0.4, 0.5) is 24.7 Å². The highest BCUT2D eigenvalue weighted by molar-refractivity contribution is 6.03. The van der Waals surface area contributed by atoms with Gasteiger partial charge in [-0.25, -0.2) is 4.68 Å². The average Bonchev–Trinajstić information content (AvgIpc) is 3.18. The summed E-state index contributed by atoms with van der Waals surface area (Å²) in [4.78, 5) is 12.5. The number of hydrogen-bond donors (Lipinski definition) is 2. The average molecular weight is 411 g/mol. The molecule has 0 radical (unpaired) electrons. The molecule has 6 nitrogen and oxygen atoms in total. The van der Waals surface area contributed by atoms with Crippen molar-refractivity contribution in [2.75, 3.05) is 10.6 Å². The smallest absolute Gasteiger partial charge is 0.363 e. The first kappa shape index (κ1) is 19.5. The molecule has 9 heteroatoms. The van der Waals surface area contributed by atoms with Gasteiger partial charge in [0.2, 0.25) is 0 Å². The normalized spacial score (nSPS) is 18.1. The number of rotatable bonds is 3. The van der Waals surface area contributed by atoms with Crippen LogP contribution in [0.15, 0.2) is 60.7 Å². The number of nitrogens with zero attached hydrogens (tertiary/aromatic N) is 3. The van der Waals surface area contributed by atoms with E-state index in [0.29, 0.717) is 11.3 Å². The maximum absolute atomic E-state index is 13.7. The highest BCUT2D eigenvalue weighted by Gasteiger charge is 2.46. The van der Waals surface area contributed by atoms with Crippen molar-refractivity contribution in [2.45, 2.75) is 24.7 Å². The van der Waals surface area contributed by atoms with Crippen LogP contribution in [0, 0.1) is 11.3 Å². The zero-order valence-electron chi connectivity index (χ0n) is 15.5. The highest BCUT2D eigenvalue weighted by Crippen LogP contribution is 2.43. The predicted octanol–water partition coefficient (Wildman–Crippen LogP) is 4.67. The van der Waals surface area contributed by atoms with Gasteiger partial charge >= 0.3 is 6.18 Å². The van der Waals surface area contributed by atoms with E-state index in [1.807, 2.05) is 6.07 Å². The summed E-state index contributed by atoms with van der Waals surface area (Å²) in [5.41, 5.74) is 1.43. The summed E-state index contributed by atoms with van der Waals surface area (Å²) in [5, 5.41) is 18.4. The molecule has 2 atom stereocenters. The Bertz CT molecular complexity index is 1100. The first-order valence-electron chi connectivity index (χ1n) is 9.14. The number of halogens is 3. The summed E-state index contributed by atoms with van der Waals surface area (Å²) in [6.45, 7) is 0. The zero-order valence-corrected chi connectivity index (χ0v) is 15.5. The van der Waals surface area contributed by atoms with Gasteiger partial charge < -0.3 is 10.6 Å². The van der Waals surface area contributed by atoms with Crippen molar-refractivity contribution in [3.8, 4) is 6.07 Å². The number of anilines is 2. The van der Waals surface area contributed by atoms with Gasteiger partial charge in [0.15, 0.2) is 11.7 Å². The summed E-state index contributed by atoms with van der Waals surface area (Å²) in [6.07, 6.45) is -4.75. The first-order valence-corrected chi connectivity index (χ1v) is 9.14. The molecule has 0 spiro atoms. The van der Waals surface area contributed by atoms with Crippen molar-refractivity contribution in [1.82, 2.24) is 9.78 Å². The van der Waals surface area contributed by atoms with Gasteiger partial charge in [0.25, 0.3) is 5.91 Å². The van der Waals surface area contributed by atoms with Gasteiger partial charge in [0.1, 0.15) is 5.82 Å². The molecule has 1 aromatic heterocycles. The third-order valence-corrected chi connectivity index (χ3v) is 4.90. The molecule has 2 aromatic carbocycles.